The number of benzene rings is 1. The minimum atomic E-state index is 0.314. The maximum atomic E-state index is 6.01. The van der Waals surface area contributed by atoms with Crippen molar-refractivity contribution in [2.45, 2.75) is 32.0 Å². The van der Waals surface area contributed by atoms with Crippen LogP contribution in [0.1, 0.15) is 43.1 Å². The van der Waals surface area contributed by atoms with Gasteiger partial charge in [0.2, 0.25) is 0 Å². The predicted octanol–water partition coefficient (Wildman–Crippen LogP) is 3.54. The average molecular weight is 186 g/mol. The van der Waals surface area contributed by atoms with Crippen molar-refractivity contribution in [2.75, 3.05) is 0 Å². The molecule has 1 heteroatoms. The molecular formula is C13H14O. The predicted molar refractivity (Wildman–Crippen MR) is 56.0 cm³/mol. The van der Waals surface area contributed by atoms with Crippen LogP contribution in [-0.4, -0.2) is 0 Å². The lowest BCUT2D eigenvalue weighted by atomic mass is 9.94. The van der Waals surface area contributed by atoms with Crippen molar-refractivity contribution in [3.63, 3.8) is 0 Å². The summed E-state index contributed by atoms with van der Waals surface area (Å²) >= 11 is 0. The van der Waals surface area contributed by atoms with E-state index in [0.29, 0.717) is 12.2 Å². The summed E-state index contributed by atoms with van der Waals surface area (Å²) in [6, 6.07) is 8.63. The highest BCUT2D eigenvalue weighted by atomic mass is 16.5. The lowest BCUT2D eigenvalue weighted by Gasteiger charge is -2.09. The molecule has 0 saturated carbocycles. The molecule has 2 bridgehead atoms. The first-order chi connectivity index (χ1) is 6.84. The van der Waals surface area contributed by atoms with Crippen LogP contribution in [-0.2, 0) is 4.74 Å². The fraction of sp³-hybridized carbons (Fsp3) is 0.385. The molecule has 0 saturated heterocycles. The van der Waals surface area contributed by atoms with Crippen molar-refractivity contribution in [3.8, 4) is 0 Å². The van der Waals surface area contributed by atoms with Gasteiger partial charge in [-0.3, -0.25) is 0 Å². The van der Waals surface area contributed by atoms with Gasteiger partial charge in [0.25, 0.3) is 0 Å². The Labute approximate surface area is 84.4 Å². The fourth-order valence-corrected chi connectivity index (χ4v) is 2.47. The molecule has 14 heavy (non-hydrogen) atoms. The van der Waals surface area contributed by atoms with E-state index in [2.05, 4.69) is 37.3 Å². The van der Waals surface area contributed by atoms with E-state index in [1.165, 1.54) is 16.7 Å². The maximum absolute atomic E-state index is 6.01. The van der Waals surface area contributed by atoms with Crippen LogP contribution < -0.4 is 0 Å². The molecule has 0 aromatic heterocycles. The number of hydrogen-bond acceptors (Lipinski definition) is 1. The molecule has 0 fully saturated rings. The highest BCUT2D eigenvalue weighted by Crippen LogP contribution is 2.45. The molecular weight excluding hydrogens is 172 g/mol. The molecule has 0 spiro atoms. The molecule has 2 aliphatic heterocycles. The smallest absolute Gasteiger partial charge is 0.0874 e. The lowest BCUT2D eigenvalue weighted by molar-refractivity contribution is 0.0182. The zero-order valence-electron chi connectivity index (χ0n) is 8.36. The third-order valence-corrected chi connectivity index (χ3v) is 3.21. The summed E-state index contributed by atoms with van der Waals surface area (Å²) in [6.07, 6.45) is 5.05. The summed E-state index contributed by atoms with van der Waals surface area (Å²) in [6.45, 7) is 2.20. The fourth-order valence-electron chi connectivity index (χ4n) is 2.47. The zero-order valence-corrected chi connectivity index (χ0v) is 8.36. The van der Waals surface area contributed by atoms with Gasteiger partial charge >= 0.3 is 0 Å². The first kappa shape index (κ1) is 8.25. The Bertz CT molecular complexity index is 392. The van der Waals surface area contributed by atoms with Crippen LogP contribution in [0.2, 0.25) is 0 Å². The van der Waals surface area contributed by atoms with Gasteiger partial charge in [-0.05, 0) is 30.9 Å². The molecule has 72 valence electrons. The summed E-state index contributed by atoms with van der Waals surface area (Å²) in [7, 11) is 0. The van der Waals surface area contributed by atoms with Crippen molar-refractivity contribution >= 4 is 0 Å². The van der Waals surface area contributed by atoms with Crippen molar-refractivity contribution in [1.82, 2.24) is 0 Å². The van der Waals surface area contributed by atoms with Crippen molar-refractivity contribution in [1.29, 1.82) is 0 Å². The van der Waals surface area contributed by atoms with E-state index in [4.69, 9.17) is 4.74 Å². The SMILES string of the molecule is CC1=CCC2OC(C1)c1ccccc12. The van der Waals surface area contributed by atoms with Crippen LogP contribution in [0.5, 0.6) is 0 Å². The second-order valence-corrected chi connectivity index (χ2v) is 4.23. The molecule has 0 aliphatic carbocycles. The molecule has 1 aromatic carbocycles. The normalized spacial score (nSPS) is 29.4. The van der Waals surface area contributed by atoms with Gasteiger partial charge in [-0.25, -0.2) is 0 Å². The van der Waals surface area contributed by atoms with Crippen LogP contribution in [0, 0.1) is 0 Å². The van der Waals surface area contributed by atoms with E-state index in [-0.39, 0.29) is 0 Å². The summed E-state index contributed by atoms with van der Waals surface area (Å²) in [5.41, 5.74) is 4.28. The minimum absolute atomic E-state index is 0.314. The molecule has 2 unspecified atom stereocenters. The summed E-state index contributed by atoms with van der Waals surface area (Å²) in [4.78, 5) is 0. The number of ether oxygens (including phenoxy) is 1. The molecule has 1 aromatic rings. The number of fused-ring (bicyclic) bond motifs is 5. The van der Waals surface area contributed by atoms with Crippen LogP contribution in [0.3, 0.4) is 0 Å². The second kappa shape index (κ2) is 2.96. The third-order valence-electron chi connectivity index (χ3n) is 3.21. The first-order valence-corrected chi connectivity index (χ1v) is 5.24. The summed E-state index contributed by atoms with van der Waals surface area (Å²) < 4.78 is 6.01. The van der Waals surface area contributed by atoms with Crippen LogP contribution in [0.25, 0.3) is 0 Å². The van der Waals surface area contributed by atoms with Crippen LogP contribution >= 0.6 is 0 Å². The number of rotatable bonds is 0. The van der Waals surface area contributed by atoms with E-state index in [9.17, 15) is 0 Å². The van der Waals surface area contributed by atoms with Gasteiger partial charge in [-0.2, -0.15) is 0 Å². The van der Waals surface area contributed by atoms with Gasteiger partial charge < -0.3 is 4.74 Å². The highest BCUT2D eigenvalue weighted by Gasteiger charge is 2.32. The molecule has 2 atom stereocenters. The molecule has 0 N–H and O–H groups in total. The molecule has 3 rings (SSSR count). The molecule has 2 heterocycles. The van der Waals surface area contributed by atoms with E-state index >= 15 is 0 Å². The molecule has 0 radical (unpaired) electrons. The molecule has 1 nitrogen and oxygen atoms in total. The van der Waals surface area contributed by atoms with Crippen LogP contribution in [0.15, 0.2) is 35.9 Å². The minimum Gasteiger partial charge on any atom is -0.365 e. The Kier molecular flexibility index (Phi) is 1.74. The van der Waals surface area contributed by atoms with Gasteiger partial charge in [0, 0.05) is 0 Å². The Balaban J connectivity index is 2.08. The lowest BCUT2D eigenvalue weighted by Crippen LogP contribution is -1.95. The van der Waals surface area contributed by atoms with E-state index in [0.717, 1.165) is 12.8 Å². The Morgan fingerprint density at radius 2 is 1.86 bits per heavy atom. The van der Waals surface area contributed by atoms with Gasteiger partial charge in [0.15, 0.2) is 0 Å². The topological polar surface area (TPSA) is 9.23 Å². The van der Waals surface area contributed by atoms with E-state index in [1.54, 1.807) is 0 Å². The van der Waals surface area contributed by atoms with Crippen molar-refractivity contribution < 1.29 is 4.74 Å². The van der Waals surface area contributed by atoms with Crippen molar-refractivity contribution in [2.24, 2.45) is 0 Å². The van der Waals surface area contributed by atoms with Gasteiger partial charge in [0.1, 0.15) is 0 Å². The highest BCUT2D eigenvalue weighted by molar-refractivity contribution is 5.36. The van der Waals surface area contributed by atoms with Gasteiger partial charge in [-0.15, -0.1) is 0 Å². The summed E-state index contributed by atoms with van der Waals surface area (Å²) in [5.74, 6) is 0. The van der Waals surface area contributed by atoms with Crippen LogP contribution in [0.4, 0.5) is 0 Å². The van der Waals surface area contributed by atoms with Crippen molar-refractivity contribution in [3.05, 3.63) is 47.0 Å². The monoisotopic (exact) mass is 186 g/mol. The Morgan fingerprint density at radius 1 is 1.14 bits per heavy atom. The van der Waals surface area contributed by atoms with E-state index in [1.807, 2.05) is 0 Å². The Hall–Kier alpha value is -1.08. The third kappa shape index (κ3) is 1.12. The standard InChI is InChI=1S/C13H14O/c1-9-6-7-12-10-4-2-3-5-11(10)13(8-9)14-12/h2-6,12-13H,7-8H2,1H3. The first-order valence-electron chi connectivity index (χ1n) is 5.24. The zero-order chi connectivity index (χ0) is 9.54. The second-order valence-electron chi connectivity index (χ2n) is 4.23. The maximum Gasteiger partial charge on any atom is 0.0874 e. The average Bonchev–Trinajstić information content (AvgIpc) is 2.40. The Morgan fingerprint density at radius 3 is 2.64 bits per heavy atom. The number of hydrogen-bond donors (Lipinski definition) is 0. The van der Waals surface area contributed by atoms with E-state index < -0.39 is 0 Å². The van der Waals surface area contributed by atoms with Gasteiger partial charge in [-0.1, -0.05) is 35.9 Å². The van der Waals surface area contributed by atoms with Gasteiger partial charge in [0.05, 0.1) is 12.2 Å². The quantitative estimate of drug-likeness (QED) is 0.563. The largest absolute Gasteiger partial charge is 0.365 e. The molecule has 0 amide bonds. The molecule has 2 aliphatic rings. The summed E-state index contributed by atoms with van der Waals surface area (Å²) in [5, 5.41) is 0.